The summed E-state index contributed by atoms with van der Waals surface area (Å²) in [6.45, 7) is 2.21. The summed E-state index contributed by atoms with van der Waals surface area (Å²) in [5.41, 5.74) is 3.38. The van der Waals surface area contributed by atoms with Gasteiger partial charge in [-0.1, -0.05) is 30.3 Å². The van der Waals surface area contributed by atoms with Gasteiger partial charge in [0.2, 0.25) is 0 Å². The summed E-state index contributed by atoms with van der Waals surface area (Å²) in [4.78, 5) is 23.9. The fourth-order valence-corrected chi connectivity index (χ4v) is 4.68. The summed E-state index contributed by atoms with van der Waals surface area (Å²) in [7, 11) is 0. The molecule has 1 aliphatic heterocycles. The molecule has 0 aliphatic carbocycles. The maximum atomic E-state index is 11.8. The molecule has 0 radical (unpaired) electrons. The van der Waals surface area contributed by atoms with Gasteiger partial charge in [-0.25, -0.2) is 4.98 Å². The second-order valence-electron chi connectivity index (χ2n) is 6.79. The first kappa shape index (κ1) is 17.3. The van der Waals surface area contributed by atoms with Crippen molar-refractivity contribution in [2.24, 2.45) is 5.92 Å². The molecule has 0 bridgehead atoms. The summed E-state index contributed by atoms with van der Waals surface area (Å²) >= 11 is 1.87. The highest BCUT2D eigenvalue weighted by Crippen LogP contribution is 2.25. The molecule has 26 heavy (non-hydrogen) atoms. The molecule has 0 unspecified atom stereocenters. The first-order valence-electron chi connectivity index (χ1n) is 8.76. The lowest BCUT2D eigenvalue weighted by molar-refractivity contribution is 0.149. The Hall–Kier alpha value is -2.09. The third-order valence-corrected chi connectivity index (χ3v) is 6.07. The van der Waals surface area contributed by atoms with Gasteiger partial charge < -0.3 is 15.1 Å². The number of aliphatic hydroxyl groups excluding tert-OH is 1. The van der Waals surface area contributed by atoms with E-state index in [1.807, 2.05) is 24.0 Å². The molecule has 0 spiro atoms. The lowest BCUT2D eigenvalue weighted by Gasteiger charge is -2.15. The predicted octanol–water partition coefficient (Wildman–Crippen LogP) is 1.98. The van der Waals surface area contributed by atoms with Crippen molar-refractivity contribution >= 4 is 22.8 Å². The number of nitrogens with one attached hydrogen (secondary N) is 2. The van der Waals surface area contributed by atoms with Crippen LogP contribution in [0.4, 0.5) is 0 Å². The third-order valence-electron chi connectivity index (χ3n) is 4.87. The molecule has 2 atom stereocenters. The average Bonchev–Trinajstić information content (AvgIpc) is 3.21. The maximum absolute atomic E-state index is 11.8. The average molecular weight is 370 g/mol. The monoisotopic (exact) mass is 370 g/mol. The van der Waals surface area contributed by atoms with E-state index >= 15 is 0 Å². The van der Waals surface area contributed by atoms with Crippen LogP contribution < -0.4 is 5.56 Å². The number of rotatable bonds is 6. The molecule has 3 aromatic rings. The third kappa shape index (κ3) is 3.70. The van der Waals surface area contributed by atoms with E-state index in [2.05, 4.69) is 44.1 Å². The highest BCUT2D eigenvalue weighted by atomic mass is 32.2. The number of aliphatic hydroxyl groups is 1. The molecule has 136 valence electrons. The smallest absolute Gasteiger partial charge is 0.275 e. The first-order valence-corrected chi connectivity index (χ1v) is 9.92. The number of H-pyrrole nitrogens is 2. The largest absolute Gasteiger partial charge is 0.391 e. The van der Waals surface area contributed by atoms with E-state index in [0.717, 1.165) is 23.6 Å². The van der Waals surface area contributed by atoms with Crippen LogP contribution in [0.15, 0.2) is 47.7 Å². The Labute approximate surface area is 155 Å². The topological polar surface area (TPSA) is 85.0 Å². The molecule has 0 amide bonds. The summed E-state index contributed by atoms with van der Waals surface area (Å²) in [5.74, 6) is 2.18. The molecule has 4 rings (SSSR count). The fourth-order valence-electron chi connectivity index (χ4n) is 3.50. The van der Waals surface area contributed by atoms with Crippen LogP contribution in [0.1, 0.15) is 11.1 Å². The standard InChI is InChI=1S/C19H22N4O2S/c24-16-9-23(7-14-6-20-18-17(14)21-12-22-19(18)25)8-15(16)11-26-10-13-4-2-1-3-5-13/h1-6,12,15-16,20,24H,7-11H2,(H,21,22,25)/t15-,16+/m1/s1. The lowest BCUT2D eigenvalue weighted by Crippen LogP contribution is -2.21. The van der Waals surface area contributed by atoms with E-state index in [0.29, 0.717) is 24.1 Å². The van der Waals surface area contributed by atoms with Gasteiger partial charge in [0, 0.05) is 48.8 Å². The molecular formula is C19H22N4O2S. The quantitative estimate of drug-likeness (QED) is 0.618. The van der Waals surface area contributed by atoms with E-state index in [1.54, 1.807) is 0 Å². The van der Waals surface area contributed by atoms with Crippen molar-refractivity contribution in [3.63, 3.8) is 0 Å². The van der Waals surface area contributed by atoms with E-state index in [4.69, 9.17) is 0 Å². The van der Waals surface area contributed by atoms with Crippen molar-refractivity contribution in [1.82, 2.24) is 19.9 Å². The van der Waals surface area contributed by atoms with Crippen LogP contribution in [0.3, 0.4) is 0 Å². The number of thioether (sulfide) groups is 1. The van der Waals surface area contributed by atoms with Crippen molar-refractivity contribution in [1.29, 1.82) is 0 Å². The number of fused-ring (bicyclic) bond motifs is 1. The highest BCUT2D eigenvalue weighted by Gasteiger charge is 2.31. The van der Waals surface area contributed by atoms with Gasteiger partial charge in [-0.3, -0.25) is 9.69 Å². The molecule has 2 aromatic heterocycles. The van der Waals surface area contributed by atoms with Crippen molar-refractivity contribution in [3.05, 3.63) is 64.3 Å². The lowest BCUT2D eigenvalue weighted by atomic mass is 10.1. The minimum Gasteiger partial charge on any atom is -0.391 e. The van der Waals surface area contributed by atoms with E-state index in [-0.39, 0.29) is 17.6 Å². The molecule has 0 saturated carbocycles. The van der Waals surface area contributed by atoms with Crippen LogP contribution >= 0.6 is 11.8 Å². The minimum absolute atomic E-state index is 0.155. The number of β-amino-alcohol motifs (C(OH)–C–C–N with tert-alkyl or cyclic N) is 1. The van der Waals surface area contributed by atoms with Gasteiger partial charge in [0.05, 0.1) is 17.9 Å². The molecule has 1 aliphatic rings. The van der Waals surface area contributed by atoms with Crippen molar-refractivity contribution < 1.29 is 5.11 Å². The minimum atomic E-state index is -0.306. The number of hydrogen-bond acceptors (Lipinski definition) is 5. The summed E-state index contributed by atoms with van der Waals surface area (Å²) in [6, 6.07) is 10.4. The van der Waals surface area contributed by atoms with Crippen molar-refractivity contribution in [2.75, 3.05) is 18.8 Å². The fraction of sp³-hybridized carbons (Fsp3) is 0.368. The van der Waals surface area contributed by atoms with Crippen molar-refractivity contribution in [2.45, 2.75) is 18.4 Å². The Bertz CT molecular complexity index is 924. The van der Waals surface area contributed by atoms with Gasteiger partial charge in [-0.05, 0) is 5.56 Å². The number of aromatic amines is 2. The zero-order valence-corrected chi connectivity index (χ0v) is 15.2. The van der Waals surface area contributed by atoms with Crippen LogP contribution in [0.5, 0.6) is 0 Å². The maximum Gasteiger partial charge on any atom is 0.275 e. The van der Waals surface area contributed by atoms with Gasteiger partial charge >= 0.3 is 0 Å². The Balaban J connectivity index is 1.34. The van der Waals surface area contributed by atoms with Gasteiger partial charge in [0.25, 0.3) is 5.56 Å². The molecule has 3 heterocycles. The van der Waals surface area contributed by atoms with E-state index in [1.165, 1.54) is 11.9 Å². The Morgan fingerprint density at radius 3 is 2.92 bits per heavy atom. The Morgan fingerprint density at radius 2 is 2.08 bits per heavy atom. The van der Waals surface area contributed by atoms with E-state index < -0.39 is 0 Å². The molecule has 6 nitrogen and oxygen atoms in total. The summed E-state index contributed by atoms with van der Waals surface area (Å²) in [6.07, 6.45) is 2.97. The second-order valence-corrected chi connectivity index (χ2v) is 7.82. The van der Waals surface area contributed by atoms with Gasteiger partial charge in [-0.15, -0.1) is 0 Å². The van der Waals surface area contributed by atoms with Crippen molar-refractivity contribution in [3.8, 4) is 0 Å². The number of hydrogen-bond donors (Lipinski definition) is 3. The number of benzene rings is 1. The van der Waals surface area contributed by atoms with Crippen LogP contribution in [0.2, 0.25) is 0 Å². The highest BCUT2D eigenvalue weighted by molar-refractivity contribution is 7.98. The van der Waals surface area contributed by atoms with Crippen LogP contribution in [-0.2, 0) is 12.3 Å². The number of nitrogens with zero attached hydrogens (tertiary/aromatic N) is 2. The molecule has 3 N–H and O–H groups in total. The van der Waals surface area contributed by atoms with Gasteiger partial charge in [0.15, 0.2) is 0 Å². The second kappa shape index (κ2) is 7.65. The van der Waals surface area contributed by atoms with Crippen LogP contribution in [0, 0.1) is 5.92 Å². The zero-order valence-electron chi connectivity index (χ0n) is 14.4. The normalized spacial score (nSPS) is 20.8. The number of likely N-dealkylation sites (tertiary alicyclic amines) is 1. The van der Waals surface area contributed by atoms with E-state index in [9.17, 15) is 9.90 Å². The molecule has 7 heteroatoms. The summed E-state index contributed by atoms with van der Waals surface area (Å²) < 4.78 is 0. The molecule has 1 saturated heterocycles. The predicted molar refractivity (Wildman–Crippen MR) is 104 cm³/mol. The molecule has 1 fully saturated rings. The first-order chi connectivity index (χ1) is 12.7. The molecular weight excluding hydrogens is 348 g/mol. The molecule has 1 aromatic carbocycles. The number of aromatic nitrogens is 3. The van der Waals surface area contributed by atoms with Crippen LogP contribution in [0.25, 0.3) is 11.0 Å². The van der Waals surface area contributed by atoms with Gasteiger partial charge in [0.1, 0.15) is 5.52 Å². The Kier molecular flexibility index (Phi) is 5.10. The SMILES string of the molecule is O=c1[nH]cnc2c(CN3C[C@H](CSCc4ccccc4)[C@@H](O)C3)c[nH]c12. The van der Waals surface area contributed by atoms with Crippen LogP contribution in [-0.4, -0.2) is 49.9 Å². The zero-order chi connectivity index (χ0) is 17.9. The Morgan fingerprint density at radius 1 is 1.23 bits per heavy atom. The summed E-state index contributed by atoms with van der Waals surface area (Å²) in [5, 5.41) is 10.4. The van der Waals surface area contributed by atoms with Gasteiger partial charge in [-0.2, -0.15) is 11.8 Å².